The number of fused-ring (bicyclic) bond motifs is 1. The molecule has 2 atom stereocenters. The van der Waals surface area contributed by atoms with Crippen LogP contribution < -0.4 is 14.4 Å². The van der Waals surface area contributed by atoms with E-state index in [9.17, 15) is 19.2 Å². The Labute approximate surface area is 207 Å². The van der Waals surface area contributed by atoms with Crippen molar-refractivity contribution in [2.45, 2.75) is 44.6 Å². The van der Waals surface area contributed by atoms with Crippen molar-refractivity contribution in [2.24, 2.45) is 11.8 Å². The van der Waals surface area contributed by atoms with Crippen LogP contribution in [-0.4, -0.2) is 58.1 Å². The number of ether oxygens (including phenoxy) is 2. The van der Waals surface area contributed by atoms with Crippen molar-refractivity contribution < 1.29 is 33.8 Å². The van der Waals surface area contributed by atoms with Crippen LogP contribution in [0.15, 0.2) is 42.6 Å². The van der Waals surface area contributed by atoms with Gasteiger partial charge in [-0.2, -0.15) is 0 Å². The zero-order valence-electron chi connectivity index (χ0n) is 19.7. The van der Waals surface area contributed by atoms with Gasteiger partial charge in [0.1, 0.15) is 11.9 Å². The van der Waals surface area contributed by atoms with Crippen molar-refractivity contribution in [3.63, 3.8) is 0 Å². The molecule has 1 aliphatic carbocycles. The molecule has 36 heavy (non-hydrogen) atoms. The summed E-state index contributed by atoms with van der Waals surface area (Å²) in [5.74, 6) is -1.12. The van der Waals surface area contributed by atoms with E-state index < -0.39 is 12.1 Å². The fourth-order valence-electron chi connectivity index (χ4n) is 5.16. The van der Waals surface area contributed by atoms with Crippen LogP contribution in [0.25, 0.3) is 0 Å². The third kappa shape index (κ3) is 4.75. The van der Waals surface area contributed by atoms with Gasteiger partial charge in [0.05, 0.1) is 29.3 Å². The molecule has 3 aliphatic rings. The molecule has 0 spiro atoms. The Morgan fingerprint density at radius 3 is 2.08 bits per heavy atom. The SMILES string of the molecule is O=C(O)c1ccc(OC2CCN(C(=O)Oc3ccc(N4C(=O)C5CCCCC5C4=O)cn3)CC2)cc1. The monoisotopic (exact) mass is 493 g/mol. The molecule has 2 saturated heterocycles. The number of rotatable bonds is 5. The van der Waals surface area contributed by atoms with Crippen molar-refractivity contribution in [3.8, 4) is 11.6 Å². The van der Waals surface area contributed by atoms with Gasteiger partial charge in [-0.25, -0.2) is 19.5 Å². The second-order valence-electron chi connectivity index (χ2n) is 9.37. The fraction of sp³-hybridized carbons (Fsp3) is 0.423. The molecule has 3 fully saturated rings. The second kappa shape index (κ2) is 9.96. The molecule has 1 N–H and O–H groups in total. The maximum atomic E-state index is 12.8. The number of pyridine rings is 1. The lowest BCUT2D eigenvalue weighted by Gasteiger charge is -2.31. The zero-order chi connectivity index (χ0) is 25.2. The summed E-state index contributed by atoms with van der Waals surface area (Å²) in [6, 6.07) is 9.30. The molecule has 2 aliphatic heterocycles. The van der Waals surface area contributed by atoms with E-state index in [0.717, 1.165) is 25.7 Å². The smallest absolute Gasteiger partial charge is 0.416 e. The lowest BCUT2D eigenvalue weighted by Crippen LogP contribution is -2.43. The van der Waals surface area contributed by atoms with Gasteiger partial charge in [0.25, 0.3) is 0 Å². The molecule has 3 heterocycles. The van der Waals surface area contributed by atoms with Crippen LogP contribution in [-0.2, 0) is 9.59 Å². The van der Waals surface area contributed by atoms with Crippen molar-refractivity contribution in [1.82, 2.24) is 9.88 Å². The molecule has 3 amide bonds. The summed E-state index contributed by atoms with van der Waals surface area (Å²) in [6.45, 7) is 0.878. The Morgan fingerprint density at radius 1 is 0.889 bits per heavy atom. The summed E-state index contributed by atoms with van der Waals surface area (Å²) >= 11 is 0. The first-order valence-corrected chi connectivity index (χ1v) is 12.2. The maximum Gasteiger partial charge on any atom is 0.416 e. The van der Waals surface area contributed by atoms with Gasteiger partial charge in [-0.15, -0.1) is 0 Å². The van der Waals surface area contributed by atoms with Crippen molar-refractivity contribution in [3.05, 3.63) is 48.2 Å². The first kappa shape index (κ1) is 23.8. The highest BCUT2D eigenvalue weighted by Crippen LogP contribution is 2.40. The Bertz CT molecular complexity index is 1130. The first-order chi connectivity index (χ1) is 17.4. The number of carbonyl (C=O) groups excluding carboxylic acids is 3. The van der Waals surface area contributed by atoms with Gasteiger partial charge in [-0.1, -0.05) is 12.8 Å². The van der Waals surface area contributed by atoms with Crippen LogP contribution in [0.2, 0.25) is 0 Å². The van der Waals surface area contributed by atoms with E-state index >= 15 is 0 Å². The molecular weight excluding hydrogens is 466 g/mol. The molecule has 0 bridgehead atoms. The molecular formula is C26H27N3O7. The molecule has 2 aromatic rings. The van der Waals surface area contributed by atoms with Gasteiger partial charge >= 0.3 is 12.1 Å². The lowest BCUT2D eigenvalue weighted by molar-refractivity contribution is -0.122. The fourth-order valence-corrected chi connectivity index (χ4v) is 5.16. The summed E-state index contributed by atoms with van der Waals surface area (Å²) in [5, 5.41) is 8.98. The lowest BCUT2D eigenvalue weighted by atomic mass is 9.81. The standard InChI is InChI=1S/C26H27N3O7/c30-23-20-3-1-2-4-21(20)24(31)29(23)17-7-10-22(27-15-17)36-26(34)28-13-11-19(12-14-28)35-18-8-5-16(6-9-18)25(32)33/h5-10,15,19-21H,1-4,11-14H2,(H,32,33). The first-order valence-electron chi connectivity index (χ1n) is 12.2. The number of nitrogens with zero attached hydrogens (tertiary/aromatic N) is 3. The number of hydrogen-bond donors (Lipinski definition) is 1. The predicted molar refractivity (Wildman–Crippen MR) is 127 cm³/mol. The zero-order valence-corrected chi connectivity index (χ0v) is 19.7. The van der Waals surface area contributed by atoms with Gasteiger partial charge in [0, 0.05) is 32.0 Å². The second-order valence-corrected chi connectivity index (χ2v) is 9.37. The topological polar surface area (TPSA) is 126 Å². The molecule has 10 nitrogen and oxygen atoms in total. The highest BCUT2D eigenvalue weighted by atomic mass is 16.6. The third-order valence-electron chi connectivity index (χ3n) is 7.12. The molecule has 1 aromatic heterocycles. The van der Waals surface area contributed by atoms with E-state index in [1.54, 1.807) is 23.1 Å². The van der Waals surface area contributed by atoms with Crippen LogP contribution in [0.3, 0.4) is 0 Å². The summed E-state index contributed by atoms with van der Waals surface area (Å²) in [4.78, 5) is 56.0. The number of benzene rings is 1. The average molecular weight is 494 g/mol. The predicted octanol–water partition coefficient (Wildman–Crippen LogP) is 3.50. The number of carboxylic acids is 1. The van der Waals surface area contributed by atoms with Crippen LogP contribution in [0.1, 0.15) is 48.9 Å². The summed E-state index contributed by atoms with van der Waals surface area (Å²) < 4.78 is 11.3. The quantitative estimate of drug-likeness (QED) is 0.627. The van der Waals surface area contributed by atoms with E-state index in [4.69, 9.17) is 14.6 Å². The highest BCUT2D eigenvalue weighted by Gasteiger charge is 2.48. The van der Waals surface area contributed by atoms with Crippen LogP contribution in [0, 0.1) is 11.8 Å². The van der Waals surface area contributed by atoms with Crippen LogP contribution in [0.4, 0.5) is 10.5 Å². The van der Waals surface area contributed by atoms with Crippen LogP contribution >= 0.6 is 0 Å². The molecule has 10 heteroatoms. The molecule has 188 valence electrons. The Morgan fingerprint density at radius 2 is 1.53 bits per heavy atom. The minimum absolute atomic E-state index is 0.0946. The maximum absolute atomic E-state index is 12.8. The van der Waals surface area contributed by atoms with Gasteiger partial charge in [0.2, 0.25) is 17.7 Å². The van der Waals surface area contributed by atoms with E-state index in [-0.39, 0.29) is 41.2 Å². The third-order valence-corrected chi connectivity index (χ3v) is 7.12. The number of aromatic carboxylic acids is 1. The minimum Gasteiger partial charge on any atom is -0.490 e. The van der Waals surface area contributed by atoms with E-state index in [2.05, 4.69) is 4.98 Å². The van der Waals surface area contributed by atoms with Gasteiger partial charge in [0.15, 0.2) is 0 Å². The van der Waals surface area contributed by atoms with Crippen LogP contribution in [0.5, 0.6) is 11.6 Å². The van der Waals surface area contributed by atoms with Gasteiger partial charge in [-0.05, 0) is 43.2 Å². The number of piperidine rings is 1. The number of carboxylic acid groups (broad SMARTS) is 1. The number of likely N-dealkylation sites (tertiary alicyclic amines) is 1. The summed E-state index contributed by atoms with van der Waals surface area (Å²) in [6.07, 6.45) is 5.38. The number of carbonyl (C=O) groups is 4. The van der Waals surface area contributed by atoms with Gasteiger partial charge < -0.3 is 19.5 Å². The molecule has 1 aromatic carbocycles. The van der Waals surface area contributed by atoms with E-state index in [1.807, 2.05) is 0 Å². The number of anilines is 1. The van der Waals surface area contributed by atoms with E-state index in [0.29, 0.717) is 37.4 Å². The normalized spacial score (nSPS) is 22.3. The number of imide groups is 1. The van der Waals surface area contributed by atoms with Crippen molar-refractivity contribution in [2.75, 3.05) is 18.0 Å². The Kier molecular flexibility index (Phi) is 6.58. The number of aromatic nitrogens is 1. The Balaban J connectivity index is 1.13. The molecule has 0 radical (unpaired) electrons. The molecule has 2 unspecified atom stereocenters. The molecule has 5 rings (SSSR count). The molecule has 1 saturated carbocycles. The summed E-state index contributed by atoms with van der Waals surface area (Å²) in [5.41, 5.74) is 0.590. The van der Waals surface area contributed by atoms with Gasteiger partial charge in [-0.3, -0.25) is 9.59 Å². The number of amides is 3. The summed E-state index contributed by atoms with van der Waals surface area (Å²) in [7, 11) is 0. The van der Waals surface area contributed by atoms with Crippen molar-refractivity contribution in [1.29, 1.82) is 0 Å². The van der Waals surface area contributed by atoms with Crippen molar-refractivity contribution >= 4 is 29.6 Å². The van der Waals surface area contributed by atoms with E-state index in [1.165, 1.54) is 29.3 Å². The average Bonchev–Trinajstić information content (AvgIpc) is 3.15. The number of hydrogen-bond acceptors (Lipinski definition) is 7. The highest BCUT2D eigenvalue weighted by molar-refractivity contribution is 6.22. The Hall–Kier alpha value is -3.95. The minimum atomic E-state index is -0.992. The largest absolute Gasteiger partial charge is 0.490 e.